The third-order valence-electron chi connectivity index (χ3n) is 6.02. The van der Waals surface area contributed by atoms with E-state index in [0.29, 0.717) is 18.7 Å². The van der Waals surface area contributed by atoms with E-state index in [4.69, 9.17) is 5.73 Å². The number of hydrogen-bond acceptors (Lipinski definition) is 5. The normalized spacial score (nSPS) is 23.8. The fourth-order valence-corrected chi connectivity index (χ4v) is 4.49. The molecule has 0 bridgehead atoms. The van der Waals surface area contributed by atoms with Crippen LogP contribution < -0.4 is 5.73 Å². The minimum atomic E-state index is -4.67. The summed E-state index contributed by atoms with van der Waals surface area (Å²) in [7, 11) is 0. The van der Waals surface area contributed by atoms with Gasteiger partial charge in [-0.15, -0.1) is 0 Å². The molecule has 5 nitrogen and oxygen atoms in total. The first kappa shape index (κ1) is 21.4. The number of benzene rings is 1. The Bertz CT molecular complexity index is 1030. The molecule has 2 N–H and O–H groups in total. The maximum Gasteiger partial charge on any atom is 0.416 e. The van der Waals surface area contributed by atoms with Gasteiger partial charge in [0.2, 0.25) is 0 Å². The second-order valence-corrected chi connectivity index (χ2v) is 7.81. The highest BCUT2D eigenvalue weighted by molar-refractivity contribution is 5.60. The third-order valence-corrected chi connectivity index (χ3v) is 6.02. The van der Waals surface area contributed by atoms with Crippen molar-refractivity contribution in [3.63, 3.8) is 0 Å². The second kappa shape index (κ2) is 7.52. The van der Waals surface area contributed by atoms with Gasteiger partial charge in [0.1, 0.15) is 6.07 Å². The van der Waals surface area contributed by atoms with Crippen molar-refractivity contribution in [2.45, 2.75) is 32.0 Å². The van der Waals surface area contributed by atoms with E-state index in [1.54, 1.807) is 6.08 Å². The lowest BCUT2D eigenvalue weighted by Gasteiger charge is -2.46. The zero-order valence-electron chi connectivity index (χ0n) is 16.5. The number of nitriles is 3. The molecule has 154 valence electrons. The highest BCUT2D eigenvalue weighted by Gasteiger charge is 2.56. The lowest BCUT2D eigenvalue weighted by atomic mass is 9.57. The second-order valence-electron chi connectivity index (χ2n) is 7.81. The molecule has 0 saturated heterocycles. The highest BCUT2D eigenvalue weighted by Crippen LogP contribution is 2.55. The van der Waals surface area contributed by atoms with Crippen molar-refractivity contribution in [3.8, 4) is 18.2 Å². The largest absolute Gasteiger partial charge is 0.416 e. The number of hydrogen-bond donors (Lipinski definition) is 1. The van der Waals surface area contributed by atoms with E-state index >= 15 is 0 Å². The summed E-state index contributed by atoms with van der Waals surface area (Å²) in [5.41, 5.74) is 3.25. The summed E-state index contributed by atoms with van der Waals surface area (Å²) >= 11 is 0. The number of nitrogens with two attached hydrogens (primary N) is 1. The fraction of sp³-hybridized carbons (Fsp3) is 0.409. The fourth-order valence-electron chi connectivity index (χ4n) is 4.49. The molecule has 0 amide bonds. The molecule has 0 fully saturated rings. The molecule has 3 rings (SSSR count). The van der Waals surface area contributed by atoms with Gasteiger partial charge in [0, 0.05) is 31.0 Å². The molecule has 0 spiro atoms. The minimum Gasteiger partial charge on any atom is -0.399 e. The van der Waals surface area contributed by atoms with Crippen LogP contribution in [0.25, 0.3) is 0 Å². The number of rotatable bonds is 2. The van der Waals surface area contributed by atoms with Crippen molar-refractivity contribution in [1.29, 1.82) is 15.8 Å². The van der Waals surface area contributed by atoms with Gasteiger partial charge in [-0.05, 0) is 31.1 Å². The van der Waals surface area contributed by atoms with Gasteiger partial charge in [0.15, 0.2) is 5.41 Å². The molecule has 2 aliphatic rings. The van der Waals surface area contributed by atoms with Gasteiger partial charge in [-0.1, -0.05) is 24.3 Å². The Morgan fingerprint density at radius 3 is 2.33 bits per heavy atom. The lowest BCUT2D eigenvalue weighted by molar-refractivity contribution is -0.138. The molecular weight excluding hydrogens is 391 g/mol. The van der Waals surface area contributed by atoms with Crippen molar-refractivity contribution in [2.24, 2.45) is 17.1 Å². The van der Waals surface area contributed by atoms with Crippen LogP contribution in [0.1, 0.15) is 30.9 Å². The van der Waals surface area contributed by atoms with Gasteiger partial charge in [0.25, 0.3) is 0 Å². The third kappa shape index (κ3) is 3.12. The number of alkyl halides is 3. The standard InChI is InChI=1S/C22H20F3N5/c1-13(2)30-8-7-14-16(9-26)20(29)21(11-27,12-28)19(17(14)10-30)15-5-3-4-6-18(15)22(23,24)25/h3-7,13,17,19H,8,10,29H2,1-2H3. The zero-order valence-corrected chi connectivity index (χ0v) is 16.5. The molecule has 1 aromatic carbocycles. The zero-order chi connectivity index (χ0) is 22.3. The smallest absolute Gasteiger partial charge is 0.399 e. The van der Waals surface area contributed by atoms with Crippen molar-refractivity contribution in [1.82, 2.24) is 4.90 Å². The van der Waals surface area contributed by atoms with Crippen LogP contribution >= 0.6 is 0 Å². The van der Waals surface area contributed by atoms with Crippen LogP contribution in [-0.2, 0) is 6.18 Å². The Hall–Kier alpha value is -3.28. The first-order valence-corrected chi connectivity index (χ1v) is 9.45. The Morgan fingerprint density at radius 1 is 1.17 bits per heavy atom. The highest BCUT2D eigenvalue weighted by atomic mass is 19.4. The Kier molecular flexibility index (Phi) is 5.37. The molecule has 1 aliphatic carbocycles. The van der Waals surface area contributed by atoms with Crippen molar-refractivity contribution in [2.75, 3.05) is 13.1 Å². The molecule has 1 heterocycles. The van der Waals surface area contributed by atoms with Crippen LogP contribution in [0.3, 0.4) is 0 Å². The molecule has 8 heteroatoms. The molecule has 0 aromatic heterocycles. The molecule has 2 unspecified atom stereocenters. The summed E-state index contributed by atoms with van der Waals surface area (Å²) in [6, 6.07) is 10.8. The number of allylic oxidation sites excluding steroid dienone is 2. The Balaban J connectivity index is 2.38. The first-order valence-electron chi connectivity index (χ1n) is 9.45. The summed E-state index contributed by atoms with van der Waals surface area (Å²) in [6.45, 7) is 4.72. The van der Waals surface area contributed by atoms with Gasteiger partial charge in [-0.25, -0.2) is 0 Å². The van der Waals surface area contributed by atoms with E-state index in [1.807, 2.05) is 37.0 Å². The van der Waals surface area contributed by atoms with Crippen LogP contribution in [0, 0.1) is 45.3 Å². The SMILES string of the molecule is CC(C)N1CC=C2C(C#N)=C(N)C(C#N)(C#N)C(c3ccccc3C(F)(F)F)C2C1. The van der Waals surface area contributed by atoms with Gasteiger partial charge < -0.3 is 5.73 Å². The summed E-state index contributed by atoms with van der Waals surface area (Å²) in [5.74, 6) is -1.83. The average molecular weight is 411 g/mol. The number of fused-ring (bicyclic) bond motifs is 1. The summed E-state index contributed by atoms with van der Waals surface area (Å²) in [5, 5.41) is 29.7. The quantitative estimate of drug-likeness (QED) is 0.797. The molecule has 30 heavy (non-hydrogen) atoms. The topological polar surface area (TPSA) is 101 Å². The van der Waals surface area contributed by atoms with Crippen molar-refractivity contribution in [3.05, 3.63) is 58.3 Å². The van der Waals surface area contributed by atoms with Crippen LogP contribution in [-0.4, -0.2) is 24.0 Å². The Labute approximate surface area is 173 Å². The summed E-state index contributed by atoms with van der Waals surface area (Å²) < 4.78 is 41.5. The predicted molar refractivity (Wildman–Crippen MR) is 103 cm³/mol. The predicted octanol–water partition coefficient (Wildman–Crippen LogP) is 3.84. The van der Waals surface area contributed by atoms with Gasteiger partial charge in [-0.3, -0.25) is 4.90 Å². The van der Waals surface area contributed by atoms with Gasteiger partial charge >= 0.3 is 6.18 Å². The van der Waals surface area contributed by atoms with E-state index in [9.17, 15) is 29.0 Å². The molecule has 1 aliphatic heterocycles. The summed E-state index contributed by atoms with van der Waals surface area (Å²) in [6.07, 6.45) is -2.89. The first-order chi connectivity index (χ1) is 14.1. The molecule has 1 aromatic rings. The molecule has 0 saturated carbocycles. The van der Waals surface area contributed by atoms with Crippen LogP contribution in [0.5, 0.6) is 0 Å². The minimum absolute atomic E-state index is 0.0206. The van der Waals surface area contributed by atoms with E-state index in [1.165, 1.54) is 18.2 Å². The van der Waals surface area contributed by atoms with E-state index < -0.39 is 29.0 Å². The maximum atomic E-state index is 13.8. The number of nitrogens with zero attached hydrogens (tertiary/aromatic N) is 4. The van der Waals surface area contributed by atoms with Crippen LogP contribution in [0.15, 0.2) is 47.2 Å². The molecular formula is C22H20F3N5. The Morgan fingerprint density at radius 2 is 1.80 bits per heavy atom. The molecule has 0 radical (unpaired) electrons. The summed E-state index contributed by atoms with van der Waals surface area (Å²) in [4.78, 5) is 2.04. The van der Waals surface area contributed by atoms with Gasteiger partial charge in [0.05, 0.1) is 29.0 Å². The average Bonchev–Trinajstić information content (AvgIpc) is 2.72. The number of halogens is 3. The van der Waals surface area contributed by atoms with Gasteiger partial charge in [-0.2, -0.15) is 29.0 Å². The van der Waals surface area contributed by atoms with E-state index in [2.05, 4.69) is 0 Å². The monoisotopic (exact) mass is 411 g/mol. The van der Waals surface area contributed by atoms with Crippen molar-refractivity contribution >= 4 is 0 Å². The van der Waals surface area contributed by atoms with E-state index in [0.717, 1.165) is 6.07 Å². The lowest BCUT2D eigenvalue weighted by Crippen LogP contribution is -2.49. The van der Waals surface area contributed by atoms with Crippen LogP contribution in [0.2, 0.25) is 0 Å². The maximum absolute atomic E-state index is 13.8. The van der Waals surface area contributed by atoms with Crippen molar-refractivity contribution < 1.29 is 13.2 Å². The molecule has 2 atom stereocenters. The van der Waals surface area contributed by atoms with E-state index in [-0.39, 0.29) is 22.9 Å². The van der Waals surface area contributed by atoms with Crippen LogP contribution in [0.4, 0.5) is 13.2 Å².